The number of benzene rings is 1. The van der Waals surface area contributed by atoms with Gasteiger partial charge in [-0.15, -0.1) is 0 Å². The molecule has 2 rings (SSSR count). The molecule has 1 heterocycles. The van der Waals surface area contributed by atoms with E-state index in [4.69, 9.17) is 9.15 Å². The Kier molecular flexibility index (Phi) is 9.37. The van der Waals surface area contributed by atoms with Crippen LogP contribution < -0.4 is 0 Å². The third-order valence-electron chi connectivity index (χ3n) is 4.47. The smallest absolute Gasteiger partial charge is 0.242 e. The van der Waals surface area contributed by atoms with Crippen LogP contribution in [-0.2, 0) is 27.4 Å². The minimum absolute atomic E-state index is 0.0132. The zero-order valence-electron chi connectivity index (χ0n) is 17.1. The van der Waals surface area contributed by atoms with Crippen molar-refractivity contribution in [3.8, 4) is 0 Å². The monoisotopic (exact) mass is 404 g/mol. The van der Waals surface area contributed by atoms with Crippen LogP contribution in [0.15, 0.2) is 47.1 Å². The van der Waals surface area contributed by atoms with Gasteiger partial charge in [-0.25, -0.2) is 4.39 Å². The molecule has 0 saturated carbocycles. The fraction of sp³-hybridized carbons (Fsp3) is 0.455. The highest BCUT2D eigenvalue weighted by Gasteiger charge is 2.21. The maximum atomic E-state index is 13.2. The lowest BCUT2D eigenvalue weighted by atomic mass is 10.2. The summed E-state index contributed by atoms with van der Waals surface area (Å²) >= 11 is 0. The largest absolute Gasteiger partial charge is 0.467 e. The van der Waals surface area contributed by atoms with Gasteiger partial charge in [-0.3, -0.25) is 9.59 Å². The standard InChI is InChI=1S/C22H29FN2O4/c1-3-21(26)24(12-6-13-28-4-2)17-22(27)25(16-20-7-5-14-29-20)15-18-8-10-19(23)11-9-18/h5,7-11,14H,3-4,6,12-13,15-17H2,1-2H3. The molecule has 0 radical (unpaired) electrons. The fourth-order valence-corrected chi connectivity index (χ4v) is 2.91. The van der Waals surface area contributed by atoms with Gasteiger partial charge in [-0.1, -0.05) is 19.1 Å². The van der Waals surface area contributed by atoms with Crippen molar-refractivity contribution in [2.24, 2.45) is 0 Å². The van der Waals surface area contributed by atoms with Gasteiger partial charge in [0.15, 0.2) is 0 Å². The van der Waals surface area contributed by atoms with Gasteiger partial charge in [0.25, 0.3) is 0 Å². The van der Waals surface area contributed by atoms with Gasteiger partial charge >= 0.3 is 0 Å². The van der Waals surface area contributed by atoms with Crippen LogP contribution in [0.4, 0.5) is 4.39 Å². The number of carbonyl (C=O) groups excluding carboxylic acids is 2. The molecule has 0 spiro atoms. The van der Waals surface area contributed by atoms with Crippen molar-refractivity contribution in [1.82, 2.24) is 9.80 Å². The molecule has 29 heavy (non-hydrogen) atoms. The number of hydrogen-bond acceptors (Lipinski definition) is 4. The van der Waals surface area contributed by atoms with E-state index < -0.39 is 0 Å². The summed E-state index contributed by atoms with van der Waals surface area (Å²) < 4.78 is 23.9. The summed E-state index contributed by atoms with van der Waals surface area (Å²) in [6, 6.07) is 9.58. The third kappa shape index (κ3) is 7.69. The Labute approximate surface area is 171 Å². The van der Waals surface area contributed by atoms with E-state index in [1.54, 1.807) is 47.3 Å². The zero-order valence-corrected chi connectivity index (χ0v) is 17.1. The molecule has 0 fully saturated rings. The van der Waals surface area contributed by atoms with E-state index in [0.717, 1.165) is 5.56 Å². The van der Waals surface area contributed by atoms with Crippen LogP contribution in [0.2, 0.25) is 0 Å². The second kappa shape index (κ2) is 12.0. The first-order chi connectivity index (χ1) is 14.0. The van der Waals surface area contributed by atoms with Gasteiger partial charge in [0.2, 0.25) is 11.8 Å². The predicted octanol–water partition coefficient (Wildman–Crippen LogP) is 3.61. The minimum atomic E-state index is -0.327. The number of hydrogen-bond donors (Lipinski definition) is 0. The highest BCUT2D eigenvalue weighted by molar-refractivity contribution is 5.84. The first kappa shape index (κ1) is 22.6. The van der Waals surface area contributed by atoms with E-state index in [1.807, 2.05) is 6.92 Å². The van der Waals surface area contributed by atoms with Gasteiger partial charge in [0.05, 0.1) is 19.4 Å². The second-order valence-electron chi connectivity index (χ2n) is 6.67. The molecule has 0 N–H and O–H groups in total. The van der Waals surface area contributed by atoms with Gasteiger partial charge in [0, 0.05) is 32.7 Å². The van der Waals surface area contributed by atoms with Crippen molar-refractivity contribution in [2.75, 3.05) is 26.3 Å². The highest BCUT2D eigenvalue weighted by Crippen LogP contribution is 2.13. The number of ether oxygens (including phenoxy) is 1. The molecule has 0 saturated heterocycles. The molecule has 2 aromatic rings. The van der Waals surface area contributed by atoms with Gasteiger partial charge in [-0.2, -0.15) is 0 Å². The molecule has 0 aliphatic heterocycles. The van der Waals surface area contributed by atoms with Crippen molar-refractivity contribution in [3.63, 3.8) is 0 Å². The first-order valence-corrected chi connectivity index (χ1v) is 9.93. The number of furan rings is 1. The van der Waals surface area contributed by atoms with Crippen LogP contribution >= 0.6 is 0 Å². The lowest BCUT2D eigenvalue weighted by molar-refractivity contribution is -0.141. The maximum Gasteiger partial charge on any atom is 0.242 e. The molecule has 0 aliphatic carbocycles. The van der Waals surface area contributed by atoms with E-state index in [2.05, 4.69) is 0 Å². The Morgan fingerprint density at radius 3 is 2.41 bits per heavy atom. The number of rotatable bonds is 12. The van der Waals surface area contributed by atoms with Gasteiger partial charge in [0.1, 0.15) is 11.6 Å². The summed E-state index contributed by atoms with van der Waals surface area (Å²) in [5.74, 6) is 0.0513. The molecular weight excluding hydrogens is 375 g/mol. The van der Waals surface area contributed by atoms with E-state index in [0.29, 0.717) is 44.9 Å². The highest BCUT2D eigenvalue weighted by atomic mass is 19.1. The Bertz CT molecular complexity index is 747. The fourth-order valence-electron chi connectivity index (χ4n) is 2.91. The van der Waals surface area contributed by atoms with Crippen molar-refractivity contribution in [1.29, 1.82) is 0 Å². The van der Waals surface area contributed by atoms with E-state index >= 15 is 0 Å². The molecule has 7 heteroatoms. The molecule has 0 bridgehead atoms. The Morgan fingerprint density at radius 1 is 1.03 bits per heavy atom. The number of halogens is 1. The lowest BCUT2D eigenvalue weighted by Gasteiger charge is -2.27. The van der Waals surface area contributed by atoms with Crippen LogP contribution in [-0.4, -0.2) is 47.9 Å². The number of nitrogens with zero attached hydrogens (tertiary/aromatic N) is 2. The summed E-state index contributed by atoms with van der Waals surface area (Å²) in [5.41, 5.74) is 0.802. The van der Waals surface area contributed by atoms with E-state index in [9.17, 15) is 14.0 Å². The molecule has 158 valence electrons. The van der Waals surface area contributed by atoms with Crippen molar-refractivity contribution >= 4 is 11.8 Å². The van der Waals surface area contributed by atoms with Crippen LogP contribution in [0, 0.1) is 5.82 Å². The molecule has 0 unspecified atom stereocenters. The molecule has 6 nitrogen and oxygen atoms in total. The van der Waals surface area contributed by atoms with Crippen molar-refractivity contribution in [3.05, 3.63) is 59.8 Å². The molecule has 2 amide bonds. The third-order valence-corrected chi connectivity index (χ3v) is 4.47. The molecular formula is C22H29FN2O4. The Morgan fingerprint density at radius 2 is 1.79 bits per heavy atom. The topological polar surface area (TPSA) is 63.0 Å². The second-order valence-corrected chi connectivity index (χ2v) is 6.67. The van der Waals surface area contributed by atoms with Crippen LogP contribution in [0.25, 0.3) is 0 Å². The van der Waals surface area contributed by atoms with Crippen molar-refractivity contribution < 1.29 is 23.1 Å². The molecule has 0 aliphatic rings. The average Bonchev–Trinajstić information content (AvgIpc) is 3.23. The summed E-state index contributed by atoms with van der Waals surface area (Å²) in [4.78, 5) is 28.5. The Balaban J connectivity index is 2.08. The molecule has 1 aromatic heterocycles. The predicted molar refractivity (Wildman–Crippen MR) is 107 cm³/mol. The molecule has 1 aromatic carbocycles. The minimum Gasteiger partial charge on any atom is -0.467 e. The maximum absolute atomic E-state index is 13.2. The average molecular weight is 404 g/mol. The number of amides is 2. The van der Waals surface area contributed by atoms with Crippen LogP contribution in [0.3, 0.4) is 0 Å². The van der Waals surface area contributed by atoms with Gasteiger partial charge < -0.3 is 19.0 Å². The summed E-state index contributed by atoms with van der Waals surface area (Å²) in [6.07, 6.45) is 2.55. The quantitative estimate of drug-likeness (QED) is 0.507. The first-order valence-electron chi connectivity index (χ1n) is 9.93. The van der Waals surface area contributed by atoms with Crippen LogP contribution in [0.1, 0.15) is 38.0 Å². The molecule has 0 atom stereocenters. The summed E-state index contributed by atoms with van der Waals surface area (Å²) in [7, 11) is 0. The summed E-state index contributed by atoms with van der Waals surface area (Å²) in [5, 5.41) is 0. The van der Waals surface area contributed by atoms with Crippen LogP contribution in [0.5, 0.6) is 0 Å². The normalized spacial score (nSPS) is 10.7. The lowest BCUT2D eigenvalue weighted by Crippen LogP contribution is -2.42. The van der Waals surface area contributed by atoms with E-state index in [1.165, 1.54) is 12.1 Å². The SMILES string of the molecule is CCOCCCN(CC(=O)N(Cc1ccc(F)cc1)Cc1ccco1)C(=O)CC. The Hall–Kier alpha value is -2.67. The number of carbonyl (C=O) groups is 2. The van der Waals surface area contributed by atoms with Crippen molar-refractivity contribution in [2.45, 2.75) is 39.8 Å². The summed E-state index contributed by atoms with van der Waals surface area (Å²) in [6.45, 7) is 5.88. The van der Waals surface area contributed by atoms with Gasteiger partial charge in [-0.05, 0) is 43.2 Å². The van der Waals surface area contributed by atoms with E-state index in [-0.39, 0.29) is 30.7 Å². The zero-order chi connectivity index (χ0) is 21.1.